The molecule has 0 aliphatic carbocycles. The Bertz CT molecular complexity index is 1130. The number of nitrogens with zero attached hydrogens (tertiary/aromatic N) is 2. The molecule has 3 aromatic rings. The van der Waals surface area contributed by atoms with Crippen LogP contribution >= 0.6 is 0 Å². The van der Waals surface area contributed by atoms with E-state index in [0.717, 1.165) is 0 Å². The number of amides is 2. The molecule has 0 unspecified atom stereocenters. The first kappa shape index (κ1) is 25.4. The van der Waals surface area contributed by atoms with Crippen molar-refractivity contribution in [3.63, 3.8) is 0 Å². The molecular weight excluding hydrogens is 454 g/mol. The summed E-state index contributed by atoms with van der Waals surface area (Å²) in [5, 5.41) is 14.8. The molecule has 3 rings (SSSR count). The molecule has 3 atom stereocenters. The zero-order chi connectivity index (χ0) is 25.4. The number of ether oxygens (including phenoxy) is 1. The summed E-state index contributed by atoms with van der Waals surface area (Å²) in [4.78, 5) is 50.8. The molecular formula is C23H29N7O5. The molecule has 0 spiro atoms. The average Bonchev–Trinajstić information content (AvgIpc) is 3.55. The number of nitrogens with one attached hydrogen (secondary N) is 4. The van der Waals surface area contributed by atoms with E-state index < -0.39 is 29.9 Å². The van der Waals surface area contributed by atoms with Crippen LogP contribution in [0.25, 0.3) is 0 Å². The highest BCUT2D eigenvalue weighted by Crippen LogP contribution is 2.27. The summed E-state index contributed by atoms with van der Waals surface area (Å²) < 4.78 is 5.84. The number of hydrogen-bond acceptors (Lipinski definition) is 7. The maximum Gasteiger partial charge on any atom is 0.326 e. The molecule has 2 amide bonds. The van der Waals surface area contributed by atoms with Crippen LogP contribution in [-0.2, 0) is 22.6 Å². The van der Waals surface area contributed by atoms with Gasteiger partial charge in [0.15, 0.2) is 0 Å². The van der Waals surface area contributed by atoms with Crippen LogP contribution in [0.4, 0.5) is 5.69 Å². The first-order chi connectivity index (χ1) is 16.8. The van der Waals surface area contributed by atoms with Crippen molar-refractivity contribution >= 4 is 23.5 Å². The van der Waals surface area contributed by atoms with Crippen molar-refractivity contribution in [2.24, 2.45) is 11.7 Å². The fourth-order valence-electron chi connectivity index (χ4n) is 3.26. The van der Waals surface area contributed by atoms with Gasteiger partial charge >= 0.3 is 5.97 Å². The van der Waals surface area contributed by atoms with E-state index in [-0.39, 0.29) is 30.3 Å². The Hall–Kier alpha value is -4.19. The highest BCUT2D eigenvalue weighted by Gasteiger charge is 2.26. The summed E-state index contributed by atoms with van der Waals surface area (Å²) in [5.41, 5.74) is 7.90. The minimum Gasteiger partial charge on any atom is -0.485 e. The van der Waals surface area contributed by atoms with Gasteiger partial charge in [-0.3, -0.25) is 9.59 Å². The van der Waals surface area contributed by atoms with Gasteiger partial charge in [-0.2, -0.15) is 0 Å². The van der Waals surface area contributed by atoms with Gasteiger partial charge in [0.05, 0.1) is 36.3 Å². The number of nitrogens with two attached hydrogens (primary N) is 1. The third-order valence-corrected chi connectivity index (χ3v) is 5.54. The van der Waals surface area contributed by atoms with Crippen LogP contribution in [-0.4, -0.2) is 54.9 Å². The molecule has 0 saturated heterocycles. The molecule has 0 aliphatic heterocycles. The van der Waals surface area contributed by atoms with Crippen LogP contribution in [0.5, 0.6) is 5.75 Å². The molecule has 12 heteroatoms. The van der Waals surface area contributed by atoms with Gasteiger partial charge in [-0.1, -0.05) is 20.3 Å². The molecule has 186 valence electrons. The Labute approximate surface area is 201 Å². The van der Waals surface area contributed by atoms with Crippen LogP contribution in [0.1, 0.15) is 42.0 Å². The third kappa shape index (κ3) is 6.90. The number of benzene rings is 1. The SMILES string of the molecule is CC[C@@H](C)[C@H](NC(=O)c1ccc(NC(=O)[C@@H](N)Cc2cnc[nH]2)c(OCc2cnc[nH]2)c1)C(=O)O. The maximum absolute atomic E-state index is 12.8. The predicted octanol–water partition coefficient (Wildman–Crippen LogP) is 1.45. The lowest BCUT2D eigenvalue weighted by Gasteiger charge is -2.21. The van der Waals surface area contributed by atoms with Gasteiger partial charge in [0.1, 0.15) is 18.4 Å². The third-order valence-electron chi connectivity index (χ3n) is 5.54. The molecule has 0 radical (unpaired) electrons. The summed E-state index contributed by atoms with van der Waals surface area (Å²) in [6.45, 7) is 3.70. The first-order valence-corrected chi connectivity index (χ1v) is 11.1. The number of carboxylic acid groups (broad SMARTS) is 1. The summed E-state index contributed by atoms with van der Waals surface area (Å²) in [6, 6.07) is 2.53. The molecule has 7 N–H and O–H groups in total. The number of aliphatic carboxylic acids is 1. The number of carbonyl (C=O) groups excluding carboxylic acids is 2. The lowest BCUT2D eigenvalue weighted by atomic mass is 9.99. The summed E-state index contributed by atoms with van der Waals surface area (Å²) in [6.07, 6.45) is 7.01. The first-order valence-electron chi connectivity index (χ1n) is 11.1. The van der Waals surface area contributed by atoms with Crippen molar-refractivity contribution in [3.8, 4) is 5.75 Å². The Morgan fingerprint density at radius 1 is 1.14 bits per heavy atom. The van der Waals surface area contributed by atoms with Crippen LogP contribution in [0.15, 0.2) is 43.2 Å². The number of rotatable bonds is 12. The Balaban J connectivity index is 1.79. The van der Waals surface area contributed by atoms with Crippen LogP contribution in [0.3, 0.4) is 0 Å². The van der Waals surface area contributed by atoms with Gasteiger partial charge in [-0.15, -0.1) is 0 Å². The second-order valence-electron chi connectivity index (χ2n) is 8.13. The number of anilines is 1. The fraction of sp³-hybridized carbons (Fsp3) is 0.348. The molecule has 2 aromatic heterocycles. The smallest absolute Gasteiger partial charge is 0.326 e. The van der Waals surface area contributed by atoms with Crippen molar-refractivity contribution in [2.45, 2.75) is 45.4 Å². The van der Waals surface area contributed by atoms with Gasteiger partial charge in [-0.25, -0.2) is 14.8 Å². The molecule has 0 bridgehead atoms. The highest BCUT2D eigenvalue weighted by molar-refractivity contribution is 6.00. The number of aromatic amines is 2. The summed E-state index contributed by atoms with van der Waals surface area (Å²) in [7, 11) is 0. The number of carboxylic acids is 1. The Morgan fingerprint density at radius 2 is 1.83 bits per heavy atom. The zero-order valence-electron chi connectivity index (χ0n) is 19.4. The van der Waals surface area contributed by atoms with Crippen molar-refractivity contribution in [2.75, 3.05) is 5.32 Å². The number of hydrogen-bond donors (Lipinski definition) is 6. The van der Waals surface area contributed by atoms with Crippen molar-refractivity contribution in [1.82, 2.24) is 25.3 Å². The summed E-state index contributed by atoms with van der Waals surface area (Å²) in [5.74, 6) is -2.19. The standard InChI is InChI=1S/C23H29N7O5/c1-3-13(2)20(23(33)34)30-21(31)14-4-5-18(19(6-14)35-10-16-9-26-12-28-16)29-22(32)17(24)7-15-8-25-11-27-15/h4-6,8-9,11-13,17,20H,3,7,10,24H2,1-2H3,(H,25,27)(H,26,28)(H,29,32)(H,30,31)(H,33,34)/t13-,17+,20+/m1/s1. The van der Waals surface area contributed by atoms with Crippen molar-refractivity contribution < 1.29 is 24.2 Å². The van der Waals surface area contributed by atoms with E-state index >= 15 is 0 Å². The zero-order valence-corrected chi connectivity index (χ0v) is 19.4. The van der Waals surface area contributed by atoms with E-state index in [9.17, 15) is 19.5 Å². The minimum atomic E-state index is -1.11. The Kier molecular flexibility index (Phi) is 8.57. The van der Waals surface area contributed by atoms with Crippen molar-refractivity contribution in [3.05, 3.63) is 60.2 Å². The van der Waals surface area contributed by atoms with E-state index in [1.807, 2.05) is 6.92 Å². The van der Waals surface area contributed by atoms with E-state index in [0.29, 0.717) is 23.5 Å². The molecule has 0 aliphatic rings. The van der Waals surface area contributed by atoms with Gasteiger partial charge < -0.3 is 36.2 Å². The van der Waals surface area contributed by atoms with Crippen molar-refractivity contribution in [1.29, 1.82) is 0 Å². The lowest BCUT2D eigenvalue weighted by Crippen LogP contribution is -2.45. The normalized spacial score (nSPS) is 13.5. The number of aromatic nitrogens is 4. The van der Waals surface area contributed by atoms with Crippen LogP contribution < -0.4 is 21.1 Å². The van der Waals surface area contributed by atoms with Gasteiger partial charge in [0.2, 0.25) is 5.91 Å². The van der Waals surface area contributed by atoms with E-state index in [4.69, 9.17) is 10.5 Å². The quantitative estimate of drug-likeness (QED) is 0.223. The Morgan fingerprint density at radius 3 is 2.43 bits per heavy atom. The summed E-state index contributed by atoms with van der Waals surface area (Å²) >= 11 is 0. The largest absolute Gasteiger partial charge is 0.485 e. The van der Waals surface area contributed by atoms with Gasteiger partial charge in [0.25, 0.3) is 5.91 Å². The monoisotopic (exact) mass is 483 g/mol. The second-order valence-corrected chi connectivity index (χ2v) is 8.13. The topological polar surface area (TPSA) is 188 Å². The fourth-order valence-corrected chi connectivity index (χ4v) is 3.26. The number of carbonyl (C=O) groups is 3. The van der Waals surface area contributed by atoms with Gasteiger partial charge in [-0.05, 0) is 24.1 Å². The number of imidazole rings is 2. The van der Waals surface area contributed by atoms with E-state index in [1.54, 1.807) is 19.3 Å². The van der Waals surface area contributed by atoms with E-state index in [1.165, 1.54) is 30.9 Å². The molecule has 35 heavy (non-hydrogen) atoms. The van der Waals surface area contributed by atoms with Gasteiger partial charge in [0, 0.05) is 23.9 Å². The number of H-pyrrole nitrogens is 2. The molecule has 0 saturated carbocycles. The van der Waals surface area contributed by atoms with Crippen LogP contribution in [0.2, 0.25) is 0 Å². The second kappa shape index (κ2) is 11.8. The molecule has 0 fully saturated rings. The molecule has 12 nitrogen and oxygen atoms in total. The van der Waals surface area contributed by atoms with E-state index in [2.05, 4.69) is 30.6 Å². The molecule has 1 aromatic carbocycles. The maximum atomic E-state index is 12.8. The van der Waals surface area contributed by atoms with Crippen LogP contribution in [0, 0.1) is 5.92 Å². The lowest BCUT2D eigenvalue weighted by molar-refractivity contribution is -0.140. The molecule has 2 heterocycles. The highest BCUT2D eigenvalue weighted by atomic mass is 16.5. The average molecular weight is 484 g/mol. The predicted molar refractivity (Wildman–Crippen MR) is 127 cm³/mol. The minimum absolute atomic E-state index is 0.0960.